The summed E-state index contributed by atoms with van der Waals surface area (Å²) in [5, 5.41) is 2.56. The summed E-state index contributed by atoms with van der Waals surface area (Å²) in [5.74, 6) is -2.24. The van der Waals surface area contributed by atoms with E-state index in [0.29, 0.717) is 12.8 Å². The van der Waals surface area contributed by atoms with E-state index < -0.39 is 11.6 Å². The molecule has 1 aromatic carbocycles. The summed E-state index contributed by atoms with van der Waals surface area (Å²) in [6, 6.07) is 3.04. The Morgan fingerprint density at radius 2 is 1.88 bits per heavy atom. The van der Waals surface area contributed by atoms with Gasteiger partial charge in [-0.1, -0.05) is 0 Å². The SMILES string of the molecule is COC(=O)[C@@H](C)N1C2CC[C@H]1C[C@@H](C(=O)Nc1ccc(F)cc1F)C2. The van der Waals surface area contributed by atoms with Crippen LogP contribution in [0.2, 0.25) is 0 Å². The second-order valence-corrected chi connectivity index (χ2v) is 6.81. The van der Waals surface area contributed by atoms with Crippen molar-refractivity contribution >= 4 is 17.6 Å². The quantitative estimate of drug-likeness (QED) is 0.847. The molecule has 136 valence electrons. The maximum absolute atomic E-state index is 13.7. The predicted molar refractivity (Wildman–Crippen MR) is 87.8 cm³/mol. The summed E-state index contributed by atoms with van der Waals surface area (Å²) < 4.78 is 31.5. The van der Waals surface area contributed by atoms with Gasteiger partial charge >= 0.3 is 5.97 Å². The van der Waals surface area contributed by atoms with Crippen LogP contribution in [0.3, 0.4) is 0 Å². The van der Waals surface area contributed by atoms with E-state index in [1.165, 1.54) is 13.2 Å². The summed E-state index contributed by atoms with van der Waals surface area (Å²) >= 11 is 0. The van der Waals surface area contributed by atoms with Crippen molar-refractivity contribution in [3.63, 3.8) is 0 Å². The van der Waals surface area contributed by atoms with Gasteiger partial charge in [-0.3, -0.25) is 14.5 Å². The van der Waals surface area contributed by atoms with Crippen molar-refractivity contribution in [1.29, 1.82) is 0 Å². The van der Waals surface area contributed by atoms with Crippen molar-refractivity contribution < 1.29 is 23.1 Å². The molecule has 0 aromatic heterocycles. The first-order valence-electron chi connectivity index (χ1n) is 8.52. The fourth-order valence-corrected chi connectivity index (χ4v) is 4.18. The van der Waals surface area contributed by atoms with Crippen LogP contribution < -0.4 is 5.32 Å². The zero-order valence-electron chi connectivity index (χ0n) is 14.3. The molecule has 1 aromatic rings. The molecule has 0 saturated carbocycles. The van der Waals surface area contributed by atoms with E-state index in [1.807, 2.05) is 6.92 Å². The number of carbonyl (C=O) groups excluding carboxylic acids is 2. The van der Waals surface area contributed by atoms with Gasteiger partial charge in [-0.05, 0) is 44.7 Å². The third kappa shape index (κ3) is 3.51. The lowest BCUT2D eigenvalue weighted by atomic mass is 9.88. The summed E-state index contributed by atoms with van der Waals surface area (Å²) in [4.78, 5) is 26.5. The molecular weight excluding hydrogens is 330 g/mol. The van der Waals surface area contributed by atoms with Crippen molar-refractivity contribution in [2.45, 2.75) is 50.7 Å². The van der Waals surface area contributed by atoms with Gasteiger partial charge in [0.2, 0.25) is 5.91 Å². The molecule has 2 saturated heterocycles. The zero-order valence-corrected chi connectivity index (χ0v) is 14.3. The van der Waals surface area contributed by atoms with Crippen LogP contribution in [0.1, 0.15) is 32.6 Å². The number of anilines is 1. The molecule has 2 heterocycles. The number of carbonyl (C=O) groups is 2. The molecule has 2 fully saturated rings. The number of nitrogens with zero attached hydrogens (tertiary/aromatic N) is 1. The highest BCUT2D eigenvalue weighted by atomic mass is 19.1. The largest absolute Gasteiger partial charge is 0.468 e. The van der Waals surface area contributed by atoms with Gasteiger partial charge in [0.05, 0.1) is 12.8 Å². The molecule has 4 atom stereocenters. The number of methoxy groups -OCH3 is 1. The van der Waals surface area contributed by atoms with E-state index >= 15 is 0 Å². The van der Waals surface area contributed by atoms with Crippen LogP contribution >= 0.6 is 0 Å². The van der Waals surface area contributed by atoms with E-state index in [-0.39, 0.29) is 41.6 Å². The van der Waals surface area contributed by atoms with Crippen molar-refractivity contribution in [2.75, 3.05) is 12.4 Å². The third-order valence-corrected chi connectivity index (χ3v) is 5.34. The second-order valence-electron chi connectivity index (χ2n) is 6.81. The number of rotatable bonds is 4. The maximum atomic E-state index is 13.7. The summed E-state index contributed by atoms with van der Waals surface area (Å²) in [6.45, 7) is 1.82. The maximum Gasteiger partial charge on any atom is 0.322 e. The molecule has 3 rings (SSSR count). The number of fused-ring (bicyclic) bond motifs is 2. The Kier molecular flexibility index (Phi) is 5.03. The Labute approximate surface area is 145 Å². The molecule has 0 aliphatic carbocycles. The van der Waals surface area contributed by atoms with Gasteiger partial charge in [0.15, 0.2) is 0 Å². The van der Waals surface area contributed by atoms with Crippen LogP contribution in [-0.2, 0) is 14.3 Å². The Morgan fingerprint density at radius 3 is 2.44 bits per heavy atom. The fraction of sp³-hybridized carbons (Fsp3) is 0.556. The first kappa shape index (κ1) is 17.8. The highest BCUT2D eigenvalue weighted by molar-refractivity contribution is 5.92. The Hall–Kier alpha value is -2.02. The first-order chi connectivity index (χ1) is 11.9. The van der Waals surface area contributed by atoms with Crippen LogP contribution in [-0.4, -0.2) is 42.0 Å². The number of benzene rings is 1. The second kappa shape index (κ2) is 7.07. The van der Waals surface area contributed by atoms with Crippen LogP contribution in [0.4, 0.5) is 14.5 Å². The minimum atomic E-state index is -0.784. The molecule has 0 spiro atoms. The summed E-state index contributed by atoms with van der Waals surface area (Å²) in [5.41, 5.74) is -0.0101. The van der Waals surface area contributed by atoms with Crippen molar-refractivity contribution in [3.8, 4) is 0 Å². The van der Waals surface area contributed by atoms with Crippen LogP contribution in [0.15, 0.2) is 18.2 Å². The first-order valence-corrected chi connectivity index (χ1v) is 8.52. The Balaban J connectivity index is 1.66. The number of ether oxygens (including phenoxy) is 1. The molecular formula is C18H22F2N2O3. The molecule has 25 heavy (non-hydrogen) atoms. The molecule has 2 aliphatic heterocycles. The van der Waals surface area contributed by atoms with E-state index in [4.69, 9.17) is 4.74 Å². The van der Waals surface area contributed by atoms with Crippen molar-refractivity contribution in [2.24, 2.45) is 5.92 Å². The number of esters is 1. The normalized spacial score (nSPS) is 27.0. The summed E-state index contributed by atoms with van der Waals surface area (Å²) in [6.07, 6.45) is 3.10. The minimum absolute atomic E-state index is 0.0101. The molecule has 7 heteroatoms. The molecule has 5 nitrogen and oxygen atoms in total. The Bertz CT molecular complexity index is 668. The van der Waals surface area contributed by atoms with Gasteiger partial charge < -0.3 is 10.1 Å². The predicted octanol–water partition coefficient (Wildman–Crippen LogP) is 2.71. The lowest BCUT2D eigenvalue weighted by Crippen LogP contribution is -2.52. The molecule has 2 aliphatic rings. The van der Waals surface area contributed by atoms with Gasteiger partial charge in [0.25, 0.3) is 0 Å². The van der Waals surface area contributed by atoms with Gasteiger partial charge in [-0.25, -0.2) is 8.78 Å². The van der Waals surface area contributed by atoms with Crippen molar-refractivity contribution in [1.82, 2.24) is 4.90 Å². The molecule has 0 radical (unpaired) electrons. The number of piperidine rings is 1. The number of hydrogen-bond donors (Lipinski definition) is 1. The molecule has 1 unspecified atom stereocenters. The van der Waals surface area contributed by atoms with E-state index in [9.17, 15) is 18.4 Å². The highest BCUT2D eigenvalue weighted by Crippen LogP contribution is 2.40. The lowest BCUT2D eigenvalue weighted by molar-refractivity contribution is -0.148. The average Bonchev–Trinajstić information content (AvgIpc) is 2.85. The van der Waals surface area contributed by atoms with E-state index in [2.05, 4.69) is 10.2 Å². The van der Waals surface area contributed by atoms with Crippen LogP contribution in [0.25, 0.3) is 0 Å². The molecule has 1 N–H and O–H groups in total. The summed E-state index contributed by atoms with van der Waals surface area (Å²) in [7, 11) is 1.37. The lowest BCUT2D eigenvalue weighted by Gasteiger charge is -2.40. The average molecular weight is 352 g/mol. The van der Waals surface area contributed by atoms with Crippen LogP contribution in [0, 0.1) is 17.6 Å². The van der Waals surface area contributed by atoms with Crippen LogP contribution in [0.5, 0.6) is 0 Å². The number of hydrogen-bond acceptors (Lipinski definition) is 4. The smallest absolute Gasteiger partial charge is 0.322 e. The minimum Gasteiger partial charge on any atom is -0.468 e. The zero-order chi connectivity index (χ0) is 18.1. The van der Waals surface area contributed by atoms with E-state index in [1.54, 1.807) is 0 Å². The van der Waals surface area contributed by atoms with Gasteiger partial charge in [0, 0.05) is 24.1 Å². The Morgan fingerprint density at radius 1 is 1.24 bits per heavy atom. The number of halogens is 2. The highest BCUT2D eigenvalue weighted by Gasteiger charge is 2.46. The van der Waals surface area contributed by atoms with Gasteiger partial charge in [0.1, 0.15) is 17.7 Å². The standard InChI is InChI=1S/C18H22F2N2O3/c1-10(18(24)25-2)22-13-4-5-14(22)8-11(7-13)17(23)21-16-6-3-12(19)9-15(16)20/h3,6,9-11,13-14H,4-5,7-8H2,1-2H3,(H,21,23)/t10-,11-,13+,14?/m1/s1. The topological polar surface area (TPSA) is 58.6 Å². The number of nitrogens with one attached hydrogen (secondary N) is 1. The molecule has 2 bridgehead atoms. The number of amides is 1. The third-order valence-electron chi connectivity index (χ3n) is 5.34. The molecule has 1 amide bonds. The fourth-order valence-electron chi connectivity index (χ4n) is 4.18. The van der Waals surface area contributed by atoms with Gasteiger partial charge in [-0.15, -0.1) is 0 Å². The van der Waals surface area contributed by atoms with Crippen molar-refractivity contribution in [3.05, 3.63) is 29.8 Å². The van der Waals surface area contributed by atoms with Gasteiger partial charge in [-0.2, -0.15) is 0 Å². The van der Waals surface area contributed by atoms with E-state index in [0.717, 1.165) is 25.0 Å². The monoisotopic (exact) mass is 352 g/mol.